The van der Waals surface area contributed by atoms with Crippen LogP contribution in [0.2, 0.25) is 0 Å². The van der Waals surface area contributed by atoms with Crippen molar-refractivity contribution in [1.82, 2.24) is 4.90 Å². The first kappa shape index (κ1) is 12.6. The predicted molar refractivity (Wildman–Crippen MR) is 71.9 cm³/mol. The van der Waals surface area contributed by atoms with Gasteiger partial charge >= 0.3 is 0 Å². The summed E-state index contributed by atoms with van der Waals surface area (Å²) in [6.45, 7) is 3.86. The fraction of sp³-hybridized carbons (Fsp3) is 0.667. The maximum Gasteiger partial charge on any atom is 0.0593 e. The molecule has 1 aliphatic carbocycles. The molecular formula is C12H18BrNOS. The molecule has 1 aromatic rings. The first-order chi connectivity index (χ1) is 7.74. The molecule has 90 valence electrons. The van der Waals surface area contributed by atoms with E-state index in [0.29, 0.717) is 0 Å². The average Bonchev–Trinajstić information content (AvgIpc) is 2.98. The molecule has 0 spiro atoms. The van der Waals surface area contributed by atoms with Gasteiger partial charge in [-0.1, -0.05) is 0 Å². The van der Waals surface area contributed by atoms with E-state index >= 15 is 0 Å². The minimum absolute atomic E-state index is 0.861. The molecule has 0 radical (unpaired) electrons. The number of thiophene rings is 1. The summed E-state index contributed by atoms with van der Waals surface area (Å²) in [5, 5.41) is 2.13. The summed E-state index contributed by atoms with van der Waals surface area (Å²) in [6, 6.07) is 2.19. The van der Waals surface area contributed by atoms with Gasteiger partial charge in [0.1, 0.15) is 0 Å². The second-order valence-electron chi connectivity index (χ2n) is 4.49. The Morgan fingerprint density at radius 1 is 1.56 bits per heavy atom. The number of halogens is 1. The zero-order valence-corrected chi connectivity index (χ0v) is 12.0. The lowest BCUT2D eigenvalue weighted by Crippen LogP contribution is -2.22. The van der Waals surface area contributed by atoms with Gasteiger partial charge in [-0.05, 0) is 47.8 Å². The van der Waals surface area contributed by atoms with Gasteiger partial charge in [0.15, 0.2) is 0 Å². The zero-order valence-electron chi connectivity index (χ0n) is 9.62. The normalized spacial score (nSPS) is 15.9. The SMILES string of the molecule is CN(CCOCC1CC1)Cc1cc(Br)cs1. The molecule has 1 heterocycles. The third kappa shape index (κ3) is 4.53. The number of hydrogen-bond acceptors (Lipinski definition) is 3. The molecule has 0 amide bonds. The van der Waals surface area contributed by atoms with Gasteiger partial charge < -0.3 is 4.74 Å². The summed E-state index contributed by atoms with van der Waals surface area (Å²) in [5.74, 6) is 0.874. The zero-order chi connectivity index (χ0) is 11.4. The third-order valence-electron chi connectivity index (χ3n) is 2.72. The molecule has 0 bridgehead atoms. The molecule has 2 rings (SSSR count). The van der Waals surface area contributed by atoms with Crippen molar-refractivity contribution in [3.8, 4) is 0 Å². The van der Waals surface area contributed by atoms with Crippen LogP contribution >= 0.6 is 27.3 Å². The Hall–Kier alpha value is 0.1000. The van der Waals surface area contributed by atoms with E-state index in [1.165, 1.54) is 22.2 Å². The van der Waals surface area contributed by atoms with E-state index in [9.17, 15) is 0 Å². The van der Waals surface area contributed by atoms with E-state index in [4.69, 9.17) is 4.74 Å². The second-order valence-corrected chi connectivity index (χ2v) is 6.40. The smallest absolute Gasteiger partial charge is 0.0593 e. The standard InChI is InChI=1S/C12H18BrNOS/c1-14(4-5-15-8-10-2-3-10)7-12-6-11(13)9-16-12/h6,9-10H,2-5,7-8H2,1H3. The Bertz CT molecular complexity index is 325. The number of hydrogen-bond donors (Lipinski definition) is 0. The highest BCUT2D eigenvalue weighted by Crippen LogP contribution is 2.28. The van der Waals surface area contributed by atoms with Crippen molar-refractivity contribution < 1.29 is 4.74 Å². The molecule has 0 aromatic carbocycles. The van der Waals surface area contributed by atoms with Gasteiger partial charge in [0, 0.05) is 34.4 Å². The lowest BCUT2D eigenvalue weighted by atomic mass is 10.4. The molecule has 1 fully saturated rings. The maximum absolute atomic E-state index is 5.62. The van der Waals surface area contributed by atoms with Gasteiger partial charge in [-0.25, -0.2) is 0 Å². The summed E-state index contributed by atoms with van der Waals surface area (Å²) in [4.78, 5) is 3.71. The van der Waals surface area contributed by atoms with Crippen molar-refractivity contribution in [2.75, 3.05) is 26.8 Å². The van der Waals surface area contributed by atoms with Crippen LogP contribution in [0.5, 0.6) is 0 Å². The maximum atomic E-state index is 5.62. The molecule has 16 heavy (non-hydrogen) atoms. The fourth-order valence-electron chi connectivity index (χ4n) is 1.54. The van der Waals surface area contributed by atoms with E-state index in [1.54, 1.807) is 11.3 Å². The van der Waals surface area contributed by atoms with Gasteiger partial charge in [0.05, 0.1) is 6.61 Å². The highest BCUT2D eigenvalue weighted by Gasteiger charge is 2.20. The Kier molecular flexibility index (Phi) is 4.82. The van der Waals surface area contributed by atoms with E-state index in [0.717, 1.165) is 32.2 Å². The highest BCUT2D eigenvalue weighted by molar-refractivity contribution is 9.10. The van der Waals surface area contributed by atoms with E-state index in [-0.39, 0.29) is 0 Å². The van der Waals surface area contributed by atoms with Gasteiger partial charge in [-0.2, -0.15) is 0 Å². The largest absolute Gasteiger partial charge is 0.380 e. The van der Waals surface area contributed by atoms with Crippen LogP contribution in [-0.2, 0) is 11.3 Å². The fourth-order valence-corrected chi connectivity index (χ4v) is 3.07. The molecule has 0 unspecified atom stereocenters. The molecule has 2 nitrogen and oxygen atoms in total. The molecule has 1 aromatic heterocycles. The summed E-state index contributed by atoms with van der Waals surface area (Å²) >= 11 is 5.28. The van der Waals surface area contributed by atoms with Crippen molar-refractivity contribution in [3.05, 3.63) is 20.8 Å². The Morgan fingerprint density at radius 3 is 3.00 bits per heavy atom. The minimum Gasteiger partial charge on any atom is -0.380 e. The first-order valence-electron chi connectivity index (χ1n) is 5.73. The highest BCUT2D eigenvalue weighted by atomic mass is 79.9. The molecule has 1 aliphatic rings. The second kappa shape index (κ2) is 6.15. The average molecular weight is 304 g/mol. The van der Waals surface area contributed by atoms with Gasteiger partial charge in [0.2, 0.25) is 0 Å². The van der Waals surface area contributed by atoms with E-state index < -0.39 is 0 Å². The quantitative estimate of drug-likeness (QED) is 0.716. The van der Waals surface area contributed by atoms with Gasteiger partial charge in [0.25, 0.3) is 0 Å². The van der Waals surface area contributed by atoms with Crippen LogP contribution in [0.3, 0.4) is 0 Å². The number of ether oxygens (including phenoxy) is 1. The number of likely N-dealkylation sites (N-methyl/N-ethyl adjacent to an activating group) is 1. The van der Waals surface area contributed by atoms with Crippen molar-refractivity contribution in [2.45, 2.75) is 19.4 Å². The molecule has 4 heteroatoms. The topological polar surface area (TPSA) is 12.5 Å². The van der Waals surface area contributed by atoms with E-state index in [2.05, 4.69) is 39.3 Å². The summed E-state index contributed by atoms with van der Waals surface area (Å²) in [7, 11) is 2.15. The van der Waals surface area contributed by atoms with Crippen LogP contribution in [0.25, 0.3) is 0 Å². The van der Waals surface area contributed by atoms with Crippen LogP contribution in [0, 0.1) is 5.92 Å². The molecule has 0 N–H and O–H groups in total. The summed E-state index contributed by atoms with van der Waals surface area (Å²) < 4.78 is 6.81. The Morgan fingerprint density at radius 2 is 2.38 bits per heavy atom. The minimum atomic E-state index is 0.861. The van der Waals surface area contributed by atoms with Crippen molar-refractivity contribution in [1.29, 1.82) is 0 Å². The van der Waals surface area contributed by atoms with Crippen molar-refractivity contribution in [2.24, 2.45) is 5.92 Å². The lowest BCUT2D eigenvalue weighted by Gasteiger charge is -2.15. The Balaban J connectivity index is 1.57. The first-order valence-corrected chi connectivity index (χ1v) is 7.40. The van der Waals surface area contributed by atoms with Crippen molar-refractivity contribution in [3.63, 3.8) is 0 Å². The van der Waals surface area contributed by atoms with Crippen LogP contribution < -0.4 is 0 Å². The molecular weight excluding hydrogens is 286 g/mol. The van der Waals surface area contributed by atoms with Crippen LogP contribution in [-0.4, -0.2) is 31.7 Å². The molecule has 0 aliphatic heterocycles. The van der Waals surface area contributed by atoms with Crippen molar-refractivity contribution >= 4 is 27.3 Å². The van der Waals surface area contributed by atoms with Gasteiger partial charge in [-0.3, -0.25) is 4.90 Å². The van der Waals surface area contributed by atoms with Crippen LogP contribution in [0.1, 0.15) is 17.7 Å². The van der Waals surface area contributed by atoms with E-state index in [1.807, 2.05) is 0 Å². The Labute approximate surface area is 110 Å². The molecule has 0 atom stereocenters. The molecule has 0 saturated heterocycles. The lowest BCUT2D eigenvalue weighted by molar-refractivity contribution is 0.102. The van der Waals surface area contributed by atoms with Crippen LogP contribution in [0.15, 0.2) is 15.9 Å². The summed E-state index contributed by atoms with van der Waals surface area (Å²) in [5.41, 5.74) is 0. The van der Waals surface area contributed by atoms with Gasteiger partial charge in [-0.15, -0.1) is 11.3 Å². The number of rotatable bonds is 7. The number of nitrogens with zero attached hydrogens (tertiary/aromatic N) is 1. The third-order valence-corrected chi connectivity index (χ3v) is 4.40. The molecule has 1 saturated carbocycles. The summed E-state index contributed by atoms with van der Waals surface area (Å²) in [6.07, 6.45) is 2.75. The van der Waals surface area contributed by atoms with Crippen LogP contribution in [0.4, 0.5) is 0 Å². The predicted octanol–water partition coefficient (Wildman–Crippen LogP) is 3.37. The monoisotopic (exact) mass is 303 g/mol.